The molecule has 0 bridgehead atoms. The van der Waals surface area contributed by atoms with Crippen LogP contribution < -0.4 is 0 Å². The molecule has 0 radical (unpaired) electrons. The minimum Gasteiger partial charge on any atom is -0.473 e. The van der Waals surface area contributed by atoms with Gasteiger partial charge in [0, 0.05) is 38.3 Å². The number of aliphatic carboxylic acids is 2. The Morgan fingerprint density at radius 2 is 1.52 bits per heavy atom. The highest BCUT2D eigenvalue weighted by atomic mass is 32.2. The molecular formula is C17H23N3O8S. The summed E-state index contributed by atoms with van der Waals surface area (Å²) in [7, 11) is -3.82. The normalized spacial score (nSPS) is 18.6. The van der Waals surface area contributed by atoms with Crippen LogP contribution in [0.5, 0.6) is 0 Å². The van der Waals surface area contributed by atoms with E-state index in [1.807, 2.05) is 0 Å². The minimum absolute atomic E-state index is 0.209. The van der Waals surface area contributed by atoms with Crippen LogP contribution in [-0.2, 0) is 19.6 Å². The summed E-state index contributed by atoms with van der Waals surface area (Å²) < 4.78 is 26.9. The van der Waals surface area contributed by atoms with Crippen molar-refractivity contribution in [3.05, 3.63) is 34.4 Å². The number of sulfonamides is 1. The van der Waals surface area contributed by atoms with Gasteiger partial charge in [-0.05, 0) is 18.9 Å². The first-order valence-corrected chi connectivity index (χ1v) is 10.5. The Morgan fingerprint density at radius 3 is 2.00 bits per heavy atom. The largest absolute Gasteiger partial charge is 0.473 e. The van der Waals surface area contributed by atoms with E-state index in [1.54, 1.807) is 0 Å². The summed E-state index contributed by atoms with van der Waals surface area (Å²) in [6.07, 6.45) is 4.88. The van der Waals surface area contributed by atoms with E-state index in [1.165, 1.54) is 54.3 Å². The maximum Gasteiger partial charge on any atom is 0.414 e. The molecule has 1 aromatic rings. The molecule has 1 aliphatic carbocycles. The number of nitro benzene ring substituents is 1. The van der Waals surface area contributed by atoms with E-state index >= 15 is 0 Å². The maximum atomic E-state index is 12.7. The summed E-state index contributed by atoms with van der Waals surface area (Å²) in [4.78, 5) is 30.8. The van der Waals surface area contributed by atoms with Crippen LogP contribution >= 0.6 is 0 Å². The molecule has 2 fully saturated rings. The minimum atomic E-state index is -3.82. The second-order valence-corrected chi connectivity index (χ2v) is 8.62. The van der Waals surface area contributed by atoms with E-state index in [9.17, 15) is 18.5 Å². The number of carboxylic acid groups (broad SMARTS) is 2. The molecule has 0 aromatic heterocycles. The van der Waals surface area contributed by atoms with Gasteiger partial charge in [0.15, 0.2) is 4.90 Å². The zero-order chi connectivity index (χ0) is 21.6. The predicted molar refractivity (Wildman–Crippen MR) is 101 cm³/mol. The van der Waals surface area contributed by atoms with Gasteiger partial charge in [0.1, 0.15) is 0 Å². The van der Waals surface area contributed by atoms with Crippen molar-refractivity contribution in [1.82, 2.24) is 9.21 Å². The Balaban J connectivity index is 0.000000438. The van der Waals surface area contributed by atoms with Crippen LogP contribution in [0.25, 0.3) is 0 Å². The molecular weight excluding hydrogens is 406 g/mol. The highest BCUT2D eigenvalue weighted by Crippen LogP contribution is 2.29. The topological polar surface area (TPSA) is 158 Å². The van der Waals surface area contributed by atoms with Crippen LogP contribution in [-0.4, -0.2) is 76.9 Å². The molecule has 3 rings (SSSR count). The second kappa shape index (κ2) is 9.76. The molecule has 0 spiro atoms. The zero-order valence-corrected chi connectivity index (χ0v) is 16.5. The molecule has 12 heteroatoms. The van der Waals surface area contributed by atoms with Gasteiger partial charge in [0.05, 0.1) is 4.92 Å². The van der Waals surface area contributed by atoms with E-state index in [-0.39, 0.29) is 10.6 Å². The zero-order valence-electron chi connectivity index (χ0n) is 15.6. The van der Waals surface area contributed by atoms with Gasteiger partial charge in [0.2, 0.25) is 10.0 Å². The molecule has 0 amide bonds. The molecule has 29 heavy (non-hydrogen) atoms. The molecule has 0 unspecified atom stereocenters. The van der Waals surface area contributed by atoms with Gasteiger partial charge in [-0.25, -0.2) is 18.0 Å². The number of hydrogen-bond donors (Lipinski definition) is 2. The standard InChI is InChI=1S/C15H21N3O4S.C2H2O4/c19-18(20)14-7-3-4-8-15(14)23(21,22)17-11-9-16(10-12-17)13-5-1-2-6-13;3-1(4)2(5)6/h3-4,7-8,13H,1-2,5-6,9-12H2;(H,3,4)(H,5,6). The Bertz CT molecular complexity index is 847. The molecule has 160 valence electrons. The maximum absolute atomic E-state index is 12.7. The SMILES string of the molecule is O=C(O)C(=O)O.O=[N+]([O-])c1ccccc1S(=O)(=O)N1CCN(C2CCCC2)CC1. The number of carbonyl (C=O) groups is 2. The van der Waals surface area contributed by atoms with Gasteiger partial charge in [0.25, 0.3) is 5.69 Å². The first-order chi connectivity index (χ1) is 13.6. The van der Waals surface area contributed by atoms with Crippen LogP contribution in [0.1, 0.15) is 25.7 Å². The lowest BCUT2D eigenvalue weighted by molar-refractivity contribution is -0.387. The van der Waals surface area contributed by atoms with Gasteiger partial charge in [-0.15, -0.1) is 0 Å². The summed E-state index contributed by atoms with van der Waals surface area (Å²) in [6.45, 7) is 2.19. The van der Waals surface area contributed by atoms with Crippen molar-refractivity contribution in [2.24, 2.45) is 0 Å². The number of piperazine rings is 1. The molecule has 1 heterocycles. The summed E-state index contributed by atoms with van der Waals surface area (Å²) in [5, 5.41) is 25.9. The molecule has 1 aliphatic heterocycles. The number of carboxylic acids is 2. The Hall–Kier alpha value is -2.57. The summed E-state index contributed by atoms with van der Waals surface area (Å²) >= 11 is 0. The lowest BCUT2D eigenvalue weighted by atomic mass is 10.2. The number of hydrogen-bond acceptors (Lipinski definition) is 7. The van der Waals surface area contributed by atoms with Gasteiger partial charge in [-0.2, -0.15) is 4.31 Å². The van der Waals surface area contributed by atoms with E-state index < -0.39 is 26.9 Å². The third-order valence-electron chi connectivity index (χ3n) is 4.98. The fraction of sp³-hybridized carbons (Fsp3) is 0.529. The number of nitro groups is 1. The van der Waals surface area contributed by atoms with Crippen LogP contribution in [0.3, 0.4) is 0 Å². The lowest BCUT2D eigenvalue weighted by Gasteiger charge is -2.37. The van der Waals surface area contributed by atoms with Crippen LogP contribution in [0.15, 0.2) is 29.2 Å². The molecule has 0 atom stereocenters. The van der Waals surface area contributed by atoms with Crippen molar-refractivity contribution in [1.29, 1.82) is 0 Å². The fourth-order valence-corrected chi connectivity index (χ4v) is 5.12. The van der Waals surface area contributed by atoms with Gasteiger partial charge in [-0.3, -0.25) is 15.0 Å². The summed E-state index contributed by atoms with van der Waals surface area (Å²) in [5.74, 6) is -3.65. The summed E-state index contributed by atoms with van der Waals surface area (Å²) in [6, 6.07) is 6.13. The fourth-order valence-electron chi connectivity index (χ4n) is 3.54. The van der Waals surface area contributed by atoms with Gasteiger partial charge < -0.3 is 10.2 Å². The summed E-state index contributed by atoms with van der Waals surface area (Å²) in [5.41, 5.74) is -0.356. The van der Waals surface area contributed by atoms with E-state index in [4.69, 9.17) is 19.8 Å². The number of benzene rings is 1. The third-order valence-corrected chi connectivity index (χ3v) is 6.92. The first kappa shape index (κ1) is 22.7. The molecule has 2 N–H and O–H groups in total. The van der Waals surface area contributed by atoms with Crippen molar-refractivity contribution in [2.75, 3.05) is 26.2 Å². The van der Waals surface area contributed by atoms with Crippen molar-refractivity contribution in [2.45, 2.75) is 36.6 Å². The number of nitrogens with zero attached hydrogens (tertiary/aromatic N) is 3. The molecule has 11 nitrogen and oxygen atoms in total. The smallest absolute Gasteiger partial charge is 0.414 e. The number of rotatable bonds is 4. The molecule has 2 aliphatic rings. The van der Waals surface area contributed by atoms with E-state index in [0.717, 1.165) is 0 Å². The molecule has 1 aromatic carbocycles. The molecule has 1 saturated heterocycles. The Kier molecular flexibility index (Phi) is 7.65. The highest BCUT2D eigenvalue weighted by molar-refractivity contribution is 7.89. The monoisotopic (exact) mass is 429 g/mol. The highest BCUT2D eigenvalue weighted by Gasteiger charge is 2.35. The van der Waals surface area contributed by atoms with Crippen molar-refractivity contribution in [3.63, 3.8) is 0 Å². The quantitative estimate of drug-likeness (QED) is 0.404. The first-order valence-electron chi connectivity index (χ1n) is 9.08. The van der Waals surface area contributed by atoms with Crippen LogP contribution in [0.2, 0.25) is 0 Å². The van der Waals surface area contributed by atoms with E-state index in [2.05, 4.69) is 4.90 Å². The second-order valence-electron chi connectivity index (χ2n) is 6.71. The van der Waals surface area contributed by atoms with Crippen molar-refractivity contribution >= 4 is 27.6 Å². The predicted octanol–water partition coefficient (Wildman–Crippen LogP) is 0.999. The van der Waals surface area contributed by atoms with Gasteiger partial charge in [-0.1, -0.05) is 25.0 Å². The van der Waals surface area contributed by atoms with Crippen LogP contribution in [0.4, 0.5) is 5.69 Å². The Morgan fingerprint density at radius 1 is 1.00 bits per heavy atom. The van der Waals surface area contributed by atoms with Crippen molar-refractivity contribution in [3.8, 4) is 0 Å². The Labute approximate surface area is 167 Å². The average molecular weight is 429 g/mol. The van der Waals surface area contributed by atoms with Crippen molar-refractivity contribution < 1.29 is 33.1 Å². The third kappa shape index (κ3) is 5.71. The van der Waals surface area contributed by atoms with Gasteiger partial charge >= 0.3 is 11.9 Å². The lowest BCUT2D eigenvalue weighted by Crippen LogP contribution is -2.51. The van der Waals surface area contributed by atoms with E-state index in [0.29, 0.717) is 32.2 Å². The van der Waals surface area contributed by atoms with Crippen LogP contribution in [0, 0.1) is 10.1 Å². The average Bonchev–Trinajstić information content (AvgIpc) is 3.23. The molecule has 1 saturated carbocycles. The number of para-hydroxylation sites is 1.